The fraction of sp³-hybridized carbons (Fsp3) is 0.286. The lowest BCUT2D eigenvalue weighted by Gasteiger charge is -2.34. The van der Waals surface area contributed by atoms with Crippen LogP contribution in [-0.4, -0.2) is 51.3 Å². The van der Waals surface area contributed by atoms with E-state index in [0.29, 0.717) is 25.3 Å². The Morgan fingerprint density at radius 2 is 1.78 bits per heavy atom. The van der Waals surface area contributed by atoms with Crippen LogP contribution in [0.15, 0.2) is 59.5 Å². The minimum atomic E-state index is -0.0659. The van der Waals surface area contributed by atoms with Crippen LogP contribution in [0, 0.1) is 6.92 Å². The van der Waals surface area contributed by atoms with Crippen LogP contribution in [-0.2, 0) is 6.54 Å². The molecule has 0 N–H and O–H groups in total. The van der Waals surface area contributed by atoms with E-state index in [1.54, 1.807) is 16.7 Å². The number of aryl methyl sites for hydroxylation is 1. The molecule has 1 fully saturated rings. The summed E-state index contributed by atoms with van der Waals surface area (Å²) >= 11 is 0. The van der Waals surface area contributed by atoms with Gasteiger partial charge in [0.25, 0.3) is 11.5 Å². The first-order valence-corrected chi connectivity index (χ1v) is 9.16. The van der Waals surface area contributed by atoms with Crippen LogP contribution in [0.5, 0.6) is 0 Å². The zero-order chi connectivity index (χ0) is 18.8. The summed E-state index contributed by atoms with van der Waals surface area (Å²) in [7, 11) is 0. The highest BCUT2D eigenvalue weighted by molar-refractivity contribution is 5.94. The van der Waals surface area contributed by atoms with Crippen molar-refractivity contribution in [3.8, 4) is 0 Å². The van der Waals surface area contributed by atoms with Gasteiger partial charge in [0.15, 0.2) is 0 Å². The largest absolute Gasteiger partial charge is 0.336 e. The predicted octanol–water partition coefficient (Wildman–Crippen LogP) is 1.96. The normalized spacial score (nSPS) is 15.2. The van der Waals surface area contributed by atoms with Gasteiger partial charge in [0.05, 0.1) is 5.69 Å². The number of hydrogen-bond donors (Lipinski definition) is 0. The molecule has 27 heavy (non-hydrogen) atoms. The number of rotatable bonds is 3. The van der Waals surface area contributed by atoms with Gasteiger partial charge in [-0.2, -0.15) is 0 Å². The fourth-order valence-corrected chi connectivity index (χ4v) is 3.40. The molecule has 0 bridgehead atoms. The first-order valence-electron chi connectivity index (χ1n) is 9.16. The Morgan fingerprint density at radius 3 is 2.52 bits per heavy atom. The summed E-state index contributed by atoms with van der Waals surface area (Å²) in [6.45, 7) is 5.53. The molecule has 1 amide bonds. The Morgan fingerprint density at radius 1 is 1.04 bits per heavy atom. The van der Waals surface area contributed by atoms with Crippen LogP contribution < -0.4 is 5.56 Å². The standard InChI is InChI=1S/C21H22N4O2/c1-16-5-7-17(8-6-16)21(27)24-12-10-23(11-13-24)15-18-14-20(26)25-9-3-2-4-19(25)22-18/h2-9,14H,10-13,15H2,1H3. The van der Waals surface area contributed by atoms with Crippen molar-refractivity contribution in [2.45, 2.75) is 13.5 Å². The van der Waals surface area contributed by atoms with Crippen molar-refractivity contribution in [2.75, 3.05) is 26.2 Å². The Kier molecular flexibility index (Phi) is 4.73. The van der Waals surface area contributed by atoms with Crippen molar-refractivity contribution in [1.82, 2.24) is 19.2 Å². The lowest BCUT2D eigenvalue weighted by Crippen LogP contribution is -2.48. The van der Waals surface area contributed by atoms with Gasteiger partial charge in [-0.05, 0) is 31.2 Å². The minimum absolute atomic E-state index is 0.0659. The van der Waals surface area contributed by atoms with Gasteiger partial charge in [0.2, 0.25) is 0 Å². The maximum absolute atomic E-state index is 12.6. The van der Waals surface area contributed by atoms with Gasteiger partial charge in [-0.1, -0.05) is 23.8 Å². The van der Waals surface area contributed by atoms with E-state index >= 15 is 0 Å². The van der Waals surface area contributed by atoms with Crippen molar-refractivity contribution in [1.29, 1.82) is 0 Å². The summed E-state index contributed by atoms with van der Waals surface area (Å²) in [5.74, 6) is 0.0803. The highest BCUT2D eigenvalue weighted by atomic mass is 16.2. The lowest BCUT2D eigenvalue weighted by atomic mass is 10.1. The van der Waals surface area contributed by atoms with Crippen molar-refractivity contribution < 1.29 is 4.79 Å². The molecule has 3 aromatic rings. The number of pyridine rings is 1. The molecular weight excluding hydrogens is 340 g/mol. The fourth-order valence-electron chi connectivity index (χ4n) is 3.40. The molecule has 0 saturated carbocycles. The predicted molar refractivity (Wildman–Crippen MR) is 104 cm³/mol. The monoisotopic (exact) mass is 362 g/mol. The third-order valence-electron chi connectivity index (χ3n) is 4.97. The Balaban J connectivity index is 1.40. The Labute approximate surface area is 157 Å². The second kappa shape index (κ2) is 7.32. The zero-order valence-corrected chi connectivity index (χ0v) is 15.3. The summed E-state index contributed by atoms with van der Waals surface area (Å²) < 4.78 is 1.54. The molecule has 0 atom stereocenters. The summed E-state index contributed by atoms with van der Waals surface area (Å²) in [5.41, 5.74) is 3.25. The van der Waals surface area contributed by atoms with E-state index in [4.69, 9.17) is 0 Å². The molecule has 0 unspecified atom stereocenters. The van der Waals surface area contributed by atoms with Gasteiger partial charge in [0, 0.05) is 50.6 Å². The van der Waals surface area contributed by atoms with Crippen LogP contribution in [0.1, 0.15) is 21.6 Å². The molecule has 6 nitrogen and oxygen atoms in total. The second-order valence-electron chi connectivity index (χ2n) is 6.95. The number of benzene rings is 1. The van der Waals surface area contributed by atoms with E-state index in [0.717, 1.165) is 29.9 Å². The van der Waals surface area contributed by atoms with Crippen LogP contribution in [0.3, 0.4) is 0 Å². The van der Waals surface area contributed by atoms with E-state index in [1.165, 1.54) is 0 Å². The third-order valence-corrected chi connectivity index (χ3v) is 4.97. The molecule has 1 aromatic carbocycles. The average molecular weight is 362 g/mol. The van der Waals surface area contributed by atoms with E-state index in [9.17, 15) is 9.59 Å². The SMILES string of the molecule is Cc1ccc(C(=O)N2CCN(Cc3cc(=O)n4ccccc4n3)CC2)cc1. The average Bonchev–Trinajstić information content (AvgIpc) is 2.69. The van der Waals surface area contributed by atoms with Crippen molar-refractivity contribution >= 4 is 11.6 Å². The maximum atomic E-state index is 12.6. The Bertz CT molecular complexity index is 1020. The first-order chi connectivity index (χ1) is 13.1. The molecule has 1 saturated heterocycles. The third kappa shape index (κ3) is 3.75. The van der Waals surface area contributed by atoms with Gasteiger partial charge < -0.3 is 4.90 Å². The van der Waals surface area contributed by atoms with Gasteiger partial charge in [0.1, 0.15) is 5.65 Å². The summed E-state index contributed by atoms with van der Waals surface area (Å²) in [4.78, 5) is 33.5. The highest BCUT2D eigenvalue weighted by Crippen LogP contribution is 2.12. The summed E-state index contributed by atoms with van der Waals surface area (Å²) in [6, 6.07) is 14.8. The molecule has 2 aromatic heterocycles. The molecule has 3 heterocycles. The number of amides is 1. The molecule has 0 spiro atoms. The summed E-state index contributed by atoms with van der Waals surface area (Å²) in [5, 5.41) is 0. The number of aromatic nitrogens is 2. The van der Waals surface area contributed by atoms with Crippen molar-refractivity contribution in [3.63, 3.8) is 0 Å². The van der Waals surface area contributed by atoms with Gasteiger partial charge in [-0.3, -0.25) is 18.9 Å². The Hall–Kier alpha value is -2.99. The molecule has 6 heteroatoms. The number of piperazine rings is 1. The van der Waals surface area contributed by atoms with Crippen LogP contribution in [0.4, 0.5) is 0 Å². The quantitative estimate of drug-likeness (QED) is 0.715. The smallest absolute Gasteiger partial charge is 0.258 e. The zero-order valence-electron chi connectivity index (χ0n) is 15.3. The highest BCUT2D eigenvalue weighted by Gasteiger charge is 2.22. The molecule has 4 rings (SSSR count). The van der Waals surface area contributed by atoms with Crippen LogP contribution in [0.25, 0.3) is 5.65 Å². The number of nitrogens with zero attached hydrogens (tertiary/aromatic N) is 4. The molecule has 138 valence electrons. The van der Waals surface area contributed by atoms with E-state index in [-0.39, 0.29) is 11.5 Å². The molecule has 0 aliphatic carbocycles. The maximum Gasteiger partial charge on any atom is 0.258 e. The van der Waals surface area contributed by atoms with Crippen LogP contribution >= 0.6 is 0 Å². The minimum Gasteiger partial charge on any atom is -0.336 e. The molecule has 1 aliphatic rings. The molecule has 1 aliphatic heterocycles. The van der Waals surface area contributed by atoms with E-state index in [2.05, 4.69) is 9.88 Å². The number of fused-ring (bicyclic) bond motifs is 1. The van der Waals surface area contributed by atoms with E-state index in [1.807, 2.05) is 54.3 Å². The summed E-state index contributed by atoms with van der Waals surface area (Å²) in [6.07, 6.45) is 1.73. The first kappa shape index (κ1) is 17.4. The van der Waals surface area contributed by atoms with Crippen molar-refractivity contribution in [2.24, 2.45) is 0 Å². The second-order valence-corrected chi connectivity index (χ2v) is 6.95. The van der Waals surface area contributed by atoms with Crippen molar-refractivity contribution in [3.05, 3.63) is 81.9 Å². The topological polar surface area (TPSA) is 57.9 Å². The number of hydrogen-bond acceptors (Lipinski definition) is 4. The van der Waals surface area contributed by atoms with Gasteiger partial charge >= 0.3 is 0 Å². The number of carbonyl (C=O) groups is 1. The van der Waals surface area contributed by atoms with Gasteiger partial charge in [-0.25, -0.2) is 4.98 Å². The molecular formula is C21H22N4O2. The van der Waals surface area contributed by atoms with Gasteiger partial charge in [-0.15, -0.1) is 0 Å². The lowest BCUT2D eigenvalue weighted by molar-refractivity contribution is 0.0627. The van der Waals surface area contributed by atoms with Crippen LogP contribution in [0.2, 0.25) is 0 Å². The number of carbonyl (C=O) groups excluding carboxylic acids is 1. The molecule has 0 radical (unpaired) electrons. The van der Waals surface area contributed by atoms with E-state index < -0.39 is 0 Å².